The maximum absolute atomic E-state index is 13.7. The zero-order valence-electron chi connectivity index (χ0n) is 40.6. The highest BCUT2D eigenvalue weighted by atomic mass is 31.3. The van der Waals surface area contributed by atoms with Crippen molar-refractivity contribution in [2.45, 2.75) is 73.1 Å². The van der Waals surface area contributed by atoms with Crippen LogP contribution in [0.25, 0.3) is 33.5 Å². The van der Waals surface area contributed by atoms with E-state index in [0.29, 0.717) is 0 Å². The number of aryl methyl sites for hydroxylation is 1. The van der Waals surface area contributed by atoms with Crippen LogP contribution in [0.5, 0.6) is 0 Å². The van der Waals surface area contributed by atoms with Gasteiger partial charge in [-0.25, -0.2) is 42.8 Å². The number of aliphatic hydroxyl groups excluding tert-OH is 2. The highest BCUT2D eigenvalue weighted by molar-refractivity contribution is 7.66. The average Bonchev–Trinajstić information content (AvgIpc) is 4.39. The van der Waals surface area contributed by atoms with E-state index < -0.39 is 135 Å². The summed E-state index contributed by atoms with van der Waals surface area (Å²) in [5.41, 5.74) is 14.6. The zero-order chi connectivity index (χ0) is 56.2. The fourth-order valence-corrected chi connectivity index (χ4v) is 14.4. The van der Waals surface area contributed by atoms with Crippen molar-refractivity contribution >= 4 is 82.5 Å². The number of likely N-dealkylation sites (tertiary alicyclic amines) is 1. The average molecular weight is 1190 g/mol. The maximum Gasteiger partial charge on any atom is 0.490 e. The molecular formula is C35H49N16O23P4+. The third-order valence-corrected chi connectivity index (χ3v) is 18.3. The Labute approximate surface area is 434 Å². The fourth-order valence-electron chi connectivity index (χ4n) is 9.89. The normalized spacial score (nSPS) is 31.5. The number of hydrogen-bond acceptors (Lipinski definition) is 29. The number of phosphoric ester groups is 3. The van der Waals surface area contributed by atoms with Gasteiger partial charge in [-0.05, 0) is 7.05 Å². The lowest BCUT2D eigenvalue weighted by Gasteiger charge is -2.34. The number of nitrogens with one attached hydrogen (secondary N) is 2. The van der Waals surface area contributed by atoms with Gasteiger partial charge in [0, 0.05) is 20.8 Å². The largest absolute Gasteiger partial charge is 0.490 e. The van der Waals surface area contributed by atoms with Crippen LogP contribution < -0.4 is 32.9 Å². The molecule has 0 radical (unpaired) electrons. The minimum absolute atomic E-state index is 0.0104. The maximum atomic E-state index is 13.7. The molecule has 6 aromatic rings. The van der Waals surface area contributed by atoms with Gasteiger partial charge in [0.25, 0.3) is 17.1 Å². The van der Waals surface area contributed by atoms with E-state index in [1.54, 1.807) is 19.0 Å². The lowest BCUT2D eigenvalue weighted by Crippen LogP contribution is -2.54. The number of aromatic nitrogens is 12. The summed E-state index contributed by atoms with van der Waals surface area (Å²) in [6.45, 7) is -3.08. The molecule has 78 heavy (non-hydrogen) atoms. The van der Waals surface area contributed by atoms with E-state index in [-0.39, 0.29) is 57.8 Å². The molecule has 4 fully saturated rings. The van der Waals surface area contributed by atoms with E-state index in [0.717, 1.165) is 30.7 Å². The summed E-state index contributed by atoms with van der Waals surface area (Å²) in [4.78, 5) is 99.0. The molecule has 10 heterocycles. The number of methoxy groups -OCH3 is 2. The summed E-state index contributed by atoms with van der Waals surface area (Å²) in [7, 11) is -17.6. The number of phosphoric acid groups is 4. The SMILES string of the molecule is CO[C@@H]1C2[C@H]([n+]3cn(C)c4c(=O)[nH]c(N)nc43)O[C@@]1(COP(=O)(O)OP(=O)(O)OP(=O)(O)OC[C@H]1O[C@@H](n3cnc4c(N)ncnc43)[C@@H](OC)C1OP(=O)(O)OC[C@H]1O[C@@H](n3cnc4c(=O)[nH]c(N)nc43)[C@@H](O)C1O)CN2C. The summed E-state index contributed by atoms with van der Waals surface area (Å²) >= 11 is 0. The molecule has 16 atom stereocenters. The molecule has 6 aromatic heterocycles. The van der Waals surface area contributed by atoms with Gasteiger partial charge in [-0.3, -0.25) is 56.3 Å². The van der Waals surface area contributed by atoms with Crippen LogP contribution in [-0.2, 0) is 75.7 Å². The number of rotatable bonds is 20. The molecule has 7 unspecified atom stereocenters. The van der Waals surface area contributed by atoms with Crippen LogP contribution in [0.4, 0.5) is 17.7 Å². The lowest BCUT2D eigenvalue weighted by atomic mass is 10.0. The van der Waals surface area contributed by atoms with E-state index in [1.807, 2.05) is 0 Å². The standard InChI is InChI=1S/C35H48N16O23P4/c1-47-7-35(23(65-4)17(47)30(71-35)51-12-48(2)18-27(51)44-34(38)46-29(18)55)8-68-77(60,61)74-78(62,63)73-76(58,59)67-6-14-21(22(64-3)32(70-14)49-10-41-15-24(36)39-9-40-25(15)49)72-75(56,57)66-5-13-19(52)20(53)31(69-13)50-11-42-16-26(50)43-33(37)45-28(16)54/h9-14,17,19-23,30-32,52-53H,5-8H2,1-4H3,(H11-,36,37,38,39,40,43,44,45,46,54,55,56,57,58,59,60,61,62,63)/p+1/t13-,14-,17?,19?,20+,21?,22+,23-,30-,31-,32-,35-/m1/s1. The van der Waals surface area contributed by atoms with Crippen LogP contribution in [0.3, 0.4) is 0 Å². The molecule has 39 nitrogen and oxygen atoms in total. The molecule has 0 aromatic carbocycles. The molecule has 4 aliphatic heterocycles. The molecule has 43 heteroatoms. The van der Waals surface area contributed by atoms with Gasteiger partial charge in [-0.2, -0.15) is 13.6 Å². The van der Waals surface area contributed by atoms with Crippen molar-refractivity contribution in [3.05, 3.63) is 46.0 Å². The van der Waals surface area contributed by atoms with E-state index in [9.17, 15) is 57.6 Å². The molecule has 2 bridgehead atoms. The first-order valence-corrected chi connectivity index (χ1v) is 28.5. The third-order valence-electron chi connectivity index (χ3n) is 13.0. The van der Waals surface area contributed by atoms with Crippen molar-refractivity contribution in [1.29, 1.82) is 0 Å². The number of hydrogen-bond donors (Lipinski definition) is 11. The molecule has 426 valence electrons. The number of likely N-dealkylation sites (N-methyl/N-ethyl adjacent to an activating group) is 1. The number of nitrogens with two attached hydrogens (primary N) is 3. The van der Waals surface area contributed by atoms with Crippen LogP contribution in [-0.4, -0.2) is 190 Å². The number of nitrogens with zero attached hydrogens (tertiary/aromatic N) is 11. The van der Waals surface area contributed by atoms with Crippen LogP contribution >= 0.6 is 31.3 Å². The van der Waals surface area contributed by atoms with Crippen molar-refractivity contribution in [3.8, 4) is 0 Å². The highest BCUT2D eigenvalue weighted by Gasteiger charge is 2.66. The van der Waals surface area contributed by atoms with Crippen LogP contribution in [0.15, 0.2) is 34.9 Å². The molecule has 14 N–H and O–H groups in total. The van der Waals surface area contributed by atoms with Gasteiger partial charge in [-0.15, -0.1) is 0 Å². The summed E-state index contributed by atoms with van der Waals surface area (Å²) in [5, 5.41) is 21.8. The molecule has 0 saturated carbocycles. The first-order chi connectivity index (χ1) is 36.6. The van der Waals surface area contributed by atoms with Gasteiger partial charge >= 0.3 is 36.9 Å². The topological polar surface area (TPSA) is 534 Å². The van der Waals surface area contributed by atoms with Crippen LogP contribution in [0.1, 0.15) is 18.7 Å². The van der Waals surface area contributed by atoms with Gasteiger partial charge in [-0.1, -0.05) is 4.98 Å². The molecule has 4 saturated heterocycles. The minimum Gasteiger partial charge on any atom is -0.387 e. The smallest absolute Gasteiger partial charge is 0.387 e. The fraction of sp³-hybridized carbons (Fsp3) is 0.571. The quantitative estimate of drug-likeness (QED) is 0.0259. The number of fused-ring (bicyclic) bond motifs is 5. The van der Waals surface area contributed by atoms with Crippen LogP contribution in [0.2, 0.25) is 0 Å². The molecule has 0 spiro atoms. The Bertz CT molecular complexity index is 3620. The molecule has 0 amide bonds. The Balaban J connectivity index is 0.819. The summed E-state index contributed by atoms with van der Waals surface area (Å²) < 4.78 is 118. The Morgan fingerprint density at radius 1 is 0.756 bits per heavy atom. The van der Waals surface area contributed by atoms with Crippen molar-refractivity contribution < 1.29 is 103 Å². The van der Waals surface area contributed by atoms with Gasteiger partial charge in [0.15, 0.2) is 41.4 Å². The predicted octanol–water partition coefficient (Wildman–Crippen LogP) is -3.73. The van der Waals surface area contributed by atoms with E-state index in [4.69, 9.17) is 59.0 Å². The number of aliphatic hydroxyl groups is 2. The molecule has 10 rings (SSSR count). The van der Waals surface area contributed by atoms with Gasteiger partial charge in [0.05, 0.1) is 45.6 Å². The predicted molar refractivity (Wildman–Crippen MR) is 253 cm³/mol. The Kier molecular flexibility index (Phi) is 14.7. The lowest BCUT2D eigenvalue weighted by molar-refractivity contribution is -0.748. The number of H-pyrrole nitrogens is 2. The molecule has 0 aliphatic carbocycles. The van der Waals surface area contributed by atoms with E-state index in [2.05, 4.69) is 48.5 Å². The van der Waals surface area contributed by atoms with Gasteiger partial charge < -0.3 is 70.7 Å². The number of nitrogen functional groups attached to an aromatic ring is 3. The Hall–Kier alpha value is -5.15. The summed E-state index contributed by atoms with van der Waals surface area (Å²) in [5.74, 6) is -0.575. The van der Waals surface area contributed by atoms with Gasteiger partial charge in [0.1, 0.15) is 60.2 Å². The highest BCUT2D eigenvalue weighted by Crippen LogP contribution is 2.68. The summed E-state index contributed by atoms with van der Waals surface area (Å²) in [6, 6.07) is -0.651. The van der Waals surface area contributed by atoms with E-state index in [1.165, 1.54) is 27.1 Å². The molecular weight excluding hydrogens is 1140 g/mol. The first kappa shape index (κ1) is 56.1. The van der Waals surface area contributed by atoms with Gasteiger partial charge in [0.2, 0.25) is 17.7 Å². The number of morpholine rings is 1. The van der Waals surface area contributed by atoms with Crippen LogP contribution in [0, 0.1) is 0 Å². The van der Waals surface area contributed by atoms with Crippen molar-refractivity contribution in [2.75, 3.05) is 64.8 Å². The number of ether oxygens (including phenoxy) is 5. The third kappa shape index (κ3) is 10.3. The Morgan fingerprint density at radius 3 is 2.09 bits per heavy atom. The van der Waals surface area contributed by atoms with Crippen molar-refractivity contribution in [3.63, 3.8) is 0 Å². The van der Waals surface area contributed by atoms with E-state index >= 15 is 0 Å². The number of anilines is 3. The second-order valence-corrected chi connectivity index (χ2v) is 24.1. The summed E-state index contributed by atoms with van der Waals surface area (Å²) in [6.07, 6.45) is -10.4. The monoisotopic (exact) mass is 1190 g/mol. The zero-order valence-corrected chi connectivity index (χ0v) is 44.1. The number of imidazole rings is 3. The second kappa shape index (κ2) is 20.4. The van der Waals surface area contributed by atoms with Crippen molar-refractivity contribution in [2.24, 2.45) is 7.05 Å². The first-order valence-electron chi connectivity index (χ1n) is 22.5. The molecule has 4 aliphatic rings. The Morgan fingerprint density at radius 2 is 1.38 bits per heavy atom. The number of aromatic amines is 2. The second-order valence-electron chi connectivity index (χ2n) is 18.0. The minimum atomic E-state index is -6.16. The van der Waals surface area contributed by atoms with Crippen molar-refractivity contribution in [1.82, 2.24) is 58.5 Å².